The van der Waals surface area contributed by atoms with Crippen LogP contribution in [0.1, 0.15) is 24.0 Å². The van der Waals surface area contributed by atoms with Crippen LogP contribution in [0.25, 0.3) is 0 Å². The average Bonchev–Trinajstić information content (AvgIpc) is 2.86. The Morgan fingerprint density at radius 2 is 1.03 bits per heavy atom. The van der Waals surface area contributed by atoms with Crippen LogP contribution in [0.15, 0.2) is 82.8 Å². The first-order chi connectivity index (χ1) is 15.8. The molecule has 162 valence electrons. The van der Waals surface area contributed by atoms with Crippen LogP contribution in [0.3, 0.4) is 0 Å². The van der Waals surface area contributed by atoms with Crippen LogP contribution >= 0.6 is 0 Å². The molecule has 6 heteroatoms. The predicted molar refractivity (Wildman–Crippen MR) is 123 cm³/mol. The van der Waals surface area contributed by atoms with Crippen molar-refractivity contribution in [2.45, 2.75) is 12.8 Å². The van der Waals surface area contributed by atoms with Gasteiger partial charge < -0.3 is 18.9 Å². The van der Waals surface area contributed by atoms with Gasteiger partial charge in [-0.3, -0.25) is 9.98 Å². The summed E-state index contributed by atoms with van der Waals surface area (Å²) in [6, 6.07) is 23.1. The van der Waals surface area contributed by atoms with Crippen LogP contribution in [0, 0.1) is 0 Å². The number of benzene rings is 3. The highest BCUT2D eigenvalue weighted by Gasteiger charge is 2.11. The van der Waals surface area contributed by atoms with Crippen molar-refractivity contribution < 1.29 is 18.9 Å². The number of hydrogen-bond donors (Lipinski definition) is 0. The Morgan fingerprint density at radius 3 is 1.44 bits per heavy atom. The van der Waals surface area contributed by atoms with Crippen LogP contribution in [-0.4, -0.2) is 38.1 Å². The number of ether oxygens (including phenoxy) is 4. The van der Waals surface area contributed by atoms with E-state index in [1.165, 1.54) is 0 Å². The molecule has 5 rings (SSSR count). The fraction of sp³-hybridized carbons (Fsp3) is 0.231. The van der Waals surface area contributed by atoms with Gasteiger partial charge in [0.05, 0.1) is 13.2 Å². The summed E-state index contributed by atoms with van der Waals surface area (Å²) in [6.07, 6.45) is 1.94. The molecular formula is C26H24N2O4. The quantitative estimate of drug-likeness (QED) is 0.512. The minimum absolute atomic E-state index is 0.697. The summed E-state index contributed by atoms with van der Waals surface area (Å²) in [6.45, 7) is 3.06. The monoisotopic (exact) mass is 428 g/mol. The third-order valence-corrected chi connectivity index (χ3v) is 5.07. The van der Waals surface area contributed by atoms with Gasteiger partial charge in [0, 0.05) is 43.1 Å². The fourth-order valence-corrected chi connectivity index (χ4v) is 3.47. The lowest BCUT2D eigenvalue weighted by Crippen LogP contribution is -2.14. The highest BCUT2D eigenvalue weighted by Crippen LogP contribution is 2.29. The van der Waals surface area contributed by atoms with Crippen LogP contribution < -0.4 is 9.47 Å². The van der Waals surface area contributed by atoms with Gasteiger partial charge in [0.2, 0.25) is 11.8 Å². The lowest BCUT2D eigenvalue weighted by Gasteiger charge is -2.14. The van der Waals surface area contributed by atoms with E-state index in [1.54, 1.807) is 0 Å². The van der Waals surface area contributed by atoms with Crippen molar-refractivity contribution >= 4 is 11.8 Å². The van der Waals surface area contributed by atoms with E-state index in [1.807, 2.05) is 72.8 Å². The maximum atomic E-state index is 6.00. The molecule has 0 unspecified atom stereocenters. The SMILES string of the molecule is c1cc(Oc2ccc(C3=NCCCO3)cc2)cc(Oc2ccc(C3=NCCCO3)cc2)c1. The van der Waals surface area contributed by atoms with Crippen molar-refractivity contribution in [2.24, 2.45) is 9.98 Å². The second-order valence-electron chi connectivity index (χ2n) is 7.51. The first kappa shape index (κ1) is 20.1. The summed E-state index contributed by atoms with van der Waals surface area (Å²) in [5.41, 5.74) is 1.92. The number of rotatable bonds is 6. The molecule has 0 saturated heterocycles. The molecule has 0 bridgehead atoms. The summed E-state index contributed by atoms with van der Waals surface area (Å²) in [7, 11) is 0. The molecule has 0 N–H and O–H groups in total. The highest BCUT2D eigenvalue weighted by molar-refractivity contribution is 5.95. The van der Waals surface area contributed by atoms with Gasteiger partial charge in [-0.2, -0.15) is 0 Å². The Hall–Kier alpha value is -3.80. The van der Waals surface area contributed by atoms with E-state index in [4.69, 9.17) is 18.9 Å². The third kappa shape index (κ3) is 4.91. The summed E-state index contributed by atoms with van der Waals surface area (Å²) in [5, 5.41) is 0. The molecule has 32 heavy (non-hydrogen) atoms. The summed E-state index contributed by atoms with van der Waals surface area (Å²) in [5.74, 6) is 4.27. The van der Waals surface area contributed by atoms with E-state index in [-0.39, 0.29) is 0 Å². The van der Waals surface area contributed by atoms with Crippen molar-refractivity contribution in [1.82, 2.24) is 0 Å². The van der Waals surface area contributed by atoms with Crippen molar-refractivity contribution in [3.63, 3.8) is 0 Å². The second-order valence-corrected chi connectivity index (χ2v) is 7.51. The smallest absolute Gasteiger partial charge is 0.216 e. The van der Waals surface area contributed by atoms with Crippen LogP contribution in [0.5, 0.6) is 23.0 Å². The number of hydrogen-bond acceptors (Lipinski definition) is 6. The van der Waals surface area contributed by atoms with E-state index >= 15 is 0 Å². The largest absolute Gasteiger partial charge is 0.477 e. The van der Waals surface area contributed by atoms with Gasteiger partial charge in [0.1, 0.15) is 23.0 Å². The molecule has 3 aromatic carbocycles. The zero-order valence-electron chi connectivity index (χ0n) is 17.7. The van der Waals surface area contributed by atoms with Crippen LogP contribution in [0.2, 0.25) is 0 Å². The minimum atomic E-state index is 0.697. The van der Waals surface area contributed by atoms with Gasteiger partial charge in [-0.25, -0.2) is 0 Å². The summed E-state index contributed by atoms with van der Waals surface area (Å²) < 4.78 is 23.2. The Kier molecular flexibility index (Phi) is 6.01. The summed E-state index contributed by atoms with van der Waals surface area (Å²) in [4.78, 5) is 8.84. The van der Waals surface area contributed by atoms with E-state index in [0.717, 1.165) is 61.8 Å². The Bertz CT molecular complexity index is 1030. The molecule has 0 aliphatic carbocycles. The van der Waals surface area contributed by atoms with Crippen molar-refractivity contribution in [1.29, 1.82) is 0 Å². The molecule has 2 aliphatic rings. The van der Waals surface area contributed by atoms with Crippen molar-refractivity contribution in [2.75, 3.05) is 26.3 Å². The first-order valence-corrected chi connectivity index (χ1v) is 10.8. The average molecular weight is 428 g/mol. The van der Waals surface area contributed by atoms with Gasteiger partial charge in [-0.1, -0.05) is 6.07 Å². The number of nitrogens with zero attached hydrogens (tertiary/aromatic N) is 2. The highest BCUT2D eigenvalue weighted by atomic mass is 16.5. The molecular weight excluding hydrogens is 404 g/mol. The van der Waals surface area contributed by atoms with Crippen molar-refractivity contribution in [3.8, 4) is 23.0 Å². The molecule has 0 atom stereocenters. The van der Waals surface area contributed by atoms with Gasteiger partial charge >= 0.3 is 0 Å². The van der Waals surface area contributed by atoms with E-state index in [0.29, 0.717) is 23.3 Å². The molecule has 0 amide bonds. The van der Waals surface area contributed by atoms with E-state index < -0.39 is 0 Å². The van der Waals surface area contributed by atoms with Gasteiger partial charge in [0.15, 0.2) is 0 Å². The number of aliphatic imine (C=N–C) groups is 2. The minimum Gasteiger partial charge on any atom is -0.477 e. The summed E-state index contributed by atoms with van der Waals surface area (Å²) >= 11 is 0. The second kappa shape index (κ2) is 9.56. The molecule has 0 aromatic heterocycles. The standard InChI is InChI=1S/C26H24N2O4/c1-4-23(31-21-10-6-19(7-11-21)25-27-14-2-16-29-25)18-24(5-1)32-22-12-8-20(9-13-22)26-28-15-3-17-30-26/h1,4-13,18H,2-3,14-17H2. The molecule has 6 nitrogen and oxygen atoms in total. The normalized spacial score (nSPS) is 15.6. The Balaban J connectivity index is 1.23. The zero-order valence-corrected chi connectivity index (χ0v) is 17.7. The first-order valence-electron chi connectivity index (χ1n) is 10.8. The molecule has 0 saturated carbocycles. The van der Waals surface area contributed by atoms with Gasteiger partial charge in [-0.05, 0) is 60.7 Å². The maximum Gasteiger partial charge on any atom is 0.216 e. The molecule has 0 radical (unpaired) electrons. The van der Waals surface area contributed by atoms with Gasteiger partial charge in [-0.15, -0.1) is 0 Å². The van der Waals surface area contributed by atoms with Crippen molar-refractivity contribution in [3.05, 3.63) is 83.9 Å². The predicted octanol–water partition coefficient (Wildman–Crippen LogP) is 5.61. The van der Waals surface area contributed by atoms with Crippen LogP contribution in [0.4, 0.5) is 0 Å². The van der Waals surface area contributed by atoms with Gasteiger partial charge in [0.25, 0.3) is 0 Å². The third-order valence-electron chi connectivity index (χ3n) is 5.07. The molecule has 2 aliphatic heterocycles. The van der Waals surface area contributed by atoms with E-state index in [2.05, 4.69) is 9.98 Å². The fourth-order valence-electron chi connectivity index (χ4n) is 3.47. The molecule has 3 aromatic rings. The lowest BCUT2D eigenvalue weighted by atomic mass is 10.2. The molecule has 0 spiro atoms. The molecule has 0 fully saturated rings. The Morgan fingerprint density at radius 1 is 0.562 bits per heavy atom. The lowest BCUT2D eigenvalue weighted by molar-refractivity contribution is 0.284. The van der Waals surface area contributed by atoms with E-state index in [9.17, 15) is 0 Å². The van der Waals surface area contributed by atoms with Crippen LogP contribution in [-0.2, 0) is 9.47 Å². The topological polar surface area (TPSA) is 61.6 Å². The Labute approximate surface area is 187 Å². The zero-order chi connectivity index (χ0) is 21.6. The molecule has 2 heterocycles. The maximum absolute atomic E-state index is 6.00.